The molecule has 2 N–H and O–H groups in total. The van der Waals surface area contributed by atoms with Crippen molar-refractivity contribution in [1.29, 1.82) is 0 Å². The molecule has 2 unspecified atom stereocenters. The van der Waals surface area contributed by atoms with E-state index in [1.807, 2.05) is 0 Å². The van der Waals surface area contributed by atoms with Gasteiger partial charge >= 0.3 is 24.1 Å². The van der Waals surface area contributed by atoms with Gasteiger partial charge in [-0.3, -0.25) is 9.59 Å². The lowest BCUT2D eigenvalue weighted by Gasteiger charge is -2.11. The zero-order chi connectivity index (χ0) is 20.7. The predicted octanol–water partition coefficient (Wildman–Crippen LogP) is 1.23. The highest BCUT2D eigenvalue weighted by molar-refractivity contribution is 5.73. The average Bonchev–Trinajstić information content (AvgIpc) is 2.67. The molecule has 10 heteroatoms. The van der Waals surface area contributed by atoms with Gasteiger partial charge in [-0.2, -0.15) is 0 Å². The van der Waals surface area contributed by atoms with Crippen LogP contribution in [0.25, 0.3) is 0 Å². The van der Waals surface area contributed by atoms with Crippen molar-refractivity contribution < 1.29 is 38.1 Å². The van der Waals surface area contributed by atoms with Crippen LogP contribution in [0.15, 0.2) is 0 Å². The van der Waals surface area contributed by atoms with E-state index in [0.717, 1.165) is 6.42 Å². The van der Waals surface area contributed by atoms with Crippen molar-refractivity contribution in [3.05, 3.63) is 0 Å². The first-order valence-corrected chi connectivity index (χ1v) is 8.78. The van der Waals surface area contributed by atoms with Crippen LogP contribution in [0.1, 0.15) is 33.1 Å². The molecule has 0 saturated heterocycles. The molecule has 27 heavy (non-hydrogen) atoms. The molecule has 0 spiro atoms. The Morgan fingerprint density at radius 3 is 1.41 bits per heavy atom. The first-order chi connectivity index (χ1) is 12.8. The predicted molar refractivity (Wildman–Crippen MR) is 94.9 cm³/mol. The Hall–Kier alpha value is -2.52. The molecule has 0 aromatic carbocycles. The Balaban J connectivity index is 3.58. The molecule has 156 valence electrons. The Morgan fingerprint density at radius 2 is 1.07 bits per heavy atom. The molecular weight excluding hydrogens is 360 g/mol. The van der Waals surface area contributed by atoms with Crippen LogP contribution in [-0.4, -0.2) is 64.6 Å². The van der Waals surface area contributed by atoms with Crippen LogP contribution in [0.2, 0.25) is 0 Å². The molecule has 10 nitrogen and oxygen atoms in total. The van der Waals surface area contributed by atoms with Gasteiger partial charge in [-0.1, -0.05) is 0 Å². The van der Waals surface area contributed by atoms with Crippen molar-refractivity contribution in [3.63, 3.8) is 0 Å². The quantitative estimate of drug-likeness (QED) is 0.289. The highest BCUT2D eigenvalue weighted by Crippen LogP contribution is 2.00. The summed E-state index contributed by atoms with van der Waals surface area (Å²) in [4.78, 5) is 45.2. The van der Waals surface area contributed by atoms with E-state index in [9.17, 15) is 19.2 Å². The zero-order valence-corrected chi connectivity index (χ0v) is 16.4. The summed E-state index contributed by atoms with van der Waals surface area (Å²) < 4.78 is 18.9. The van der Waals surface area contributed by atoms with Gasteiger partial charge in [-0.05, 0) is 33.1 Å². The Morgan fingerprint density at radius 1 is 0.704 bits per heavy atom. The lowest BCUT2D eigenvalue weighted by atomic mass is 10.2. The van der Waals surface area contributed by atoms with Crippen molar-refractivity contribution in [2.45, 2.75) is 33.1 Å². The number of hydrogen-bond donors (Lipinski definition) is 2. The van der Waals surface area contributed by atoms with Crippen LogP contribution in [0.3, 0.4) is 0 Å². The molecule has 0 aliphatic rings. The second-order valence-corrected chi connectivity index (χ2v) is 5.96. The van der Waals surface area contributed by atoms with E-state index in [-0.39, 0.29) is 13.2 Å². The molecule has 0 aromatic heterocycles. The molecular formula is C17H30N2O8. The minimum absolute atomic E-state index is 0.0425. The molecule has 0 aliphatic heterocycles. The number of ether oxygens (including phenoxy) is 4. The Kier molecular flexibility index (Phi) is 13.3. The molecule has 2 amide bonds. The van der Waals surface area contributed by atoms with Gasteiger partial charge in [0, 0.05) is 13.1 Å². The fraction of sp³-hybridized carbons (Fsp3) is 0.765. The summed E-state index contributed by atoms with van der Waals surface area (Å²) in [5.74, 6) is -1.90. The Labute approximate surface area is 159 Å². The number of amides is 2. The molecule has 2 atom stereocenters. The number of nitrogens with one attached hydrogen (secondary N) is 2. The third-order valence-corrected chi connectivity index (χ3v) is 3.53. The zero-order valence-electron chi connectivity index (χ0n) is 16.4. The Bertz CT molecular complexity index is 442. The monoisotopic (exact) mass is 390 g/mol. The summed E-state index contributed by atoms with van der Waals surface area (Å²) in [5.41, 5.74) is 0. The summed E-state index contributed by atoms with van der Waals surface area (Å²) in [7, 11) is 2.55. The van der Waals surface area contributed by atoms with Gasteiger partial charge in [0.25, 0.3) is 0 Å². The summed E-state index contributed by atoms with van der Waals surface area (Å²) in [6, 6.07) is 0. The van der Waals surface area contributed by atoms with Crippen molar-refractivity contribution in [1.82, 2.24) is 10.6 Å². The average molecular weight is 390 g/mol. The molecule has 0 radical (unpaired) electrons. The van der Waals surface area contributed by atoms with Crippen molar-refractivity contribution >= 4 is 24.1 Å². The maximum absolute atomic E-state index is 11.4. The number of rotatable bonds is 12. The fourth-order valence-electron chi connectivity index (χ4n) is 1.85. The van der Waals surface area contributed by atoms with Gasteiger partial charge in [-0.25, -0.2) is 9.59 Å². The molecule has 0 bridgehead atoms. The molecule has 0 saturated carbocycles. The van der Waals surface area contributed by atoms with Crippen molar-refractivity contribution in [3.8, 4) is 0 Å². The lowest BCUT2D eigenvalue weighted by molar-refractivity contribution is -0.146. The van der Waals surface area contributed by atoms with E-state index < -0.39 is 36.0 Å². The molecule has 0 rings (SSSR count). The number of alkyl carbamates (subject to hydrolysis) is 2. The van der Waals surface area contributed by atoms with Crippen LogP contribution < -0.4 is 10.6 Å². The summed E-state index contributed by atoms with van der Waals surface area (Å²) in [5, 5.41) is 5.15. The first kappa shape index (κ1) is 24.5. The van der Waals surface area contributed by atoms with Gasteiger partial charge in [0.1, 0.15) is 13.2 Å². The molecule has 0 aromatic rings. The number of unbranched alkanes of at least 4 members (excludes halogenated alkanes) is 2. The van der Waals surface area contributed by atoms with E-state index in [0.29, 0.717) is 25.9 Å². The van der Waals surface area contributed by atoms with E-state index in [1.165, 1.54) is 14.2 Å². The second-order valence-electron chi connectivity index (χ2n) is 5.96. The van der Waals surface area contributed by atoms with Gasteiger partial charge in [0.2, 0.25) is 0 Å². The standard InChI is InChI=1S/C17H30N2O8/c1-12(14(20)24-3)10-26-16(22)18-8-6-5-7-9-19-17(23)27-11-13(2)15(21)25-4/h12-13H,5-11H2,1-4H3,(H,18,22)(H,19,23). The van der Waals surface area contributed by atoms with Gasteiger partial charge < -0.3 is 29.6 Å². The van der Waals surface area contributed by atoms with Gasteiger partial charge in [0.15, 0.2) is 0 Å². The second kappa shape index (κ2) is 14.6. The number of hydrogen-bond acceptors (Lipinski definition) is 8. The molecule has 0 heterocycles. The largest absolute Gasteiger partial charge is 0.469 e. The van der Waals surface area contributed by atoms with Crippen LogP contribution in [-0.2, 0) is 28.5 Å². The minimum Gasteiger partial charge on any atom is -0.469 e. The highest BCUT2D eigenvalue weighted by atomic mass is 16.6. The van der Waals surface area contributed by atoms with Crippen LogP contribution in [0.5, 0.6) is 0 Å². The smallest absolute Gasteiger partial charge is 0.407 e. The van der Waals surface area contributed by atoms with Gasteiger partial charge in [0.05, 0.1) is 26.1 Å². The SMILES string of the molecule is COC(=O)C(C)COC(=O)NCCCCCNC(=O)OCC(C)C(=O)OC. The first-order valence-electron chi connectivity index (χ1n) is 8.78. The van der Waals surface area contributed by atoms with E-state index in [2.05, 4.69) is 20.1 Å². The topological polar surface area (TPSA) is 129 Å². The third-order valence-electron chi connectivity index (χ3n) is 3.53. The van der Waals surface area contributed by atoms with E-state index >= 15 is 0 Å². The van der Waals surface area contributed by atoms with Gasteiger partial charge in [-0.15, -0.1) is 0 Å². The highest BCUT2D eigenvalue weighted by Gasteiger charge is 2.16. The van der Waals surface area contributed by atoms with Crippen LogP contribution in [0, 0.1) is 11.8 Å². The number of carbonyl (C=O) groups excluding carboxylic acids is 4. The maximum Gasteiger partial charge on any atom is 0.407 e. The molecule has 0 fully saturated rings. The summed E-state index contributed by atoms with van der Waals surface area (Å²) >= 11 is 0. The minimum atomic E-state index is -0.591. The van der Waals surface area contributed by atoms with Crippen molar-refractivity contribution in [2.75, 3.05) is 40.5 Å². The maximum atomic E-state index is 11.4. The summed E-state index contributed by atoms with van der Waals surface area (Å²) in [6.07, 6.45) is 1.01. The number of carbonyl (C=O) groups is 4. The third kappa shape index (κ3) is 12.5. The van der Waals surface area contributed by atoms with Crippen molar-refractivity contribution in [2.24, 2.45) is 11.8 Å². The molecule has 0 aliphatic carbocycles. The van der Waals surface area contributed by atoms with E-state index in [1.54, 1.807) is 13.8 Å². The summed E-state index contributed by atoms with van der Waals surface area (Å²) in [6.45, 7) is 3.97. The van der Waals surface area contributed by atoms with Crippen LogP contribution in [0.4, 0.5) is 9.59 Å². The van der Waals surface area contributed by atoms with E-state index in [4.69, 9.17) is 9.47 Å². The normalized spacial score (nSPS) is 12.3. The fourth-order valence-corrected chi connectivity index (χ4v) is 1.85. The lowest BCUT2D eigenvalue weighted by Crippen LogP contribution is -2.29. The number of esters is 2. The number of methoxy groups -OCH3 is 2. The van der Waals surface area contributed by atoms with Crippen LogP contribution >= 0.6 is 0 Å².